The van der Waals surface area contributed by atoms with Crippen LogP contribution in [0.2, 0.25) is 0 Å². The molecule has 19 heteroatoms. The average Bonchev–Trinajstić information content (AvgIpc) is 3.32. The van der Waals surface area contributed by atoms with Gasteiger partial charge in [-0.1, -0.05) is 49.0 Å². The molecule has 2 bridgehead atoms. The summed E-state index contributed by atoms with van der Waals surface area (Å²) in [5.74, 6) is -7.56. The number of rotatable bonds is 12. The van der Waals surface area contributed by atoms with Gasteiger partial charge >= 0.3 is 5.97 Å². The molecule has 3 fully saturated rings. The minimum absolute atomic E-state index is 0.0145. The van der Waals surface area contributed by atoms with E-state index < -0.39 is 87.7 Å². The van der Waals surface area contributed by atoms with E-state index in [2.05, 4.69) is 4.72 Å². The molecule has 390 valence electrons. The Labute approximate surface area is 407 Å². The number of ether oxygens (including phenoxy) is 5. The van der Waals surface area contributed by atoms with Gasteiger partial charge in [0.2, 0.25) is 15.8 Å². The number of aliphatic hydroxyl groups excluding tert-OH is 3. The number of hydrogen-bond acceptors (Lipinski definition) is 16. The van der Waals surface area contributed by atoms with Gasteiger partial charge in [0, 0.05) is 52.0 Å². The molecule has 4 rings (SSSR count). The van der Waals surface area contributed by atoms with Crippen molar-refractivity contribution in [3.8, 4) is 0 Å². The lowest BCUT2D eigenvalue weighted by Crippen LogP contribution is -2.61. The minimum atomic E-state index is -3.97. The molecule has 0 aromatic rings. The molecular formula is C50H78N2O16S. The van der Waals surface area contributed by atoms with Gasteiger partial charge in [0.05, 0.1) is 43.9 Å². The van der Waals surface area contributed by atoms with Crippen molar-refractivity contribution in [3.63, 3.8) is 0 Å². The van der Waals surface area contributed by atoms with E-state index in [1.165, 1.54) is 20.3 Å². The molecule has 0 spiro atoms. The highest BCUT2D eigenvalue weighted by molar-refractivity contribution is 7.89. The fourth-order valence-electron chi connectivity index (χ4n) is 9.49. The summed E-state index contributed by atoms with van der Waals surface area (Å²) in [6, 6.07) is -2.09. The number of aliphatic hydroxyl groups is 4. The molecule has 0 aromatic heterocycles. The number of allylic oxidation sites excluding steroid dienone is 6. The second-order valence-electron chi connectivity index (χ2n) is 19.1. The Hall–Kier alpha value is -3.50. The summed E-state index contributed by atoms with van der Waals surface area (Å²) in [7, 11) is -1.10. The van der Waals surface area contributed by atoms with E-state index in [9.17, 15) is 47.7 Å². The molecule has 1 amide bonds. The highest BCUT2D eigenvalue weighted by Gasteiger charge is 2.53. The number of esters is 1. The molecule has 5 N–H and O–H groups in total. The van der Waals surface area contributed by atoms with Crippen molar-refractivity contribution in [1.29, 1.82) is 0 Å². The summed E-state index contributed by atoms with van der Waals surface area (Å²) in [4.78, 5) is 70.7. The van der Waals surface area contributed by atoms with Crippen LogP contribution in [0.4, 0.5) is 0 Å². The number of carbonyl (C=O) groups excluding carboxylic acids is 5. The summed E-state index contributed by atoms with van der Waals surface area (Å²) < 4.78 is 57.6. The van der Waals surface area contributed by atoms with Crippen LogP contribution in [0.3, 0.4) is 0 Å². The predicted molar refractivity (Wildman–Crippen MR) is 255 cm³/mol. The molecule has 18 nitrogen and oxygen atoms in total. The van der Waals surface area contributed by atoms with Crippen molar-refractivity contribution in [2.75, 3.05) is 46.3 Å². The second-order valence-corrected chi connectivity index (χ2v) is 20.9. The minimum Gasteiger partial charge on any atom is -0.460 e. The van der Waals surface area contributed by atoms with E-state index in [1.807, 2.05) is 6.08 Å². The molecule has 11 atom stereocenters. The van der Waals surface area contributed by atoms with E-state index in [0.29, 0.717) is 68.9 Å². The quantitative estimate of drug-likeness (QED) is 0.0812. The molecule has 0 radical (unpaired) electrons. The van der Waals surface area contributed by atoms with Gasteiger partial charge in [0.25, 0.3) is 11.7 Å². The van der Waals surface area contributed by atoms with Gasteiger partial charge in [-0.15, -0.1) is 0 Å². The second kappa shape index (κ2) is 28.5. The van der Waals surface area contributed by atoms with Crippen LogP contribution in [0.5, 0.6) is 0 Å². The summed E-state index contributed by atoms with van der Waals surface area (Å²) in [6.45, 7) is 4.43. The van der Waals surface area contributed by atoms with E-state index in [4.69, 9.17) is 28.8 Å². The van der Waals surface area contributed by atoms with Crippen molar-refractivity contribution >= 4 is 39.2 Å². The molecule has 0 aromatic carbocycles. The van der Waals surface area contributed by atoms with Crippen LogP contribution in [0.1, 0.15) is 124 Å². The normalized spacial score (nSPS) is 35.3. The lowest BCUT2D eigenvalue weighted by atomic mass is 9.82. The van der Waals surface area contributed by atoms with Gasteiger partial charge in [0.15, 0.2) is 5.78 Å². The monoisotopic (exact) mass is 995 g/mol. The summed E-state index contributed by atoms with van der Waals surface area (Å²) in [6.07, 6.45) is 10.2. The maximum Gasteiger partial charge on any atom is 0.329 e. The number of fused-ring (bicyclic) bond motifs is 3. The fraction of sp³-hybridized carbons (Fsp3) is 0.740. The number of piperidine rings is 1. The third-order valence-electron chi connectivity index (χ3n) is 13.9. The SMILES string of the molecule is CO[C@@H]1C[C@H](CC[C@@H]2CC(=O)C/C=C(\C)[C@@H](O)[C@@H](OC)C(=O)CCC/C=C/C=C/C=C(\C)C(NS(=O)(=O)CCOCCO)C[C@@H]3CC[C@@H](C)[C@@](O)(O3)C(=O)C(=O)N3CCCC[C@H]3C(=O)O2)CC[C@H]1O. The number of nitrogens with zero attached hydrogens (tertiary/aromatic N) is 1. The van der Waals surface area contributed by atoms with Gasteiger partial charge in [-0.25, -0.2) is 17.9 Å². The number of ketones is 3. The third kappa shape index (κ3) is 17.6. The van der Waals surface area contributed by atoms with Crippen molar-refractivity contribution < 1.29 is 76.5 Å². The van der Waals surface area contributed by atoms with E-state index >= 15 is 0 Å². The summed E-state index contributed by atoms with van der Waals surface area (Å²) >= 11 is 0. The van der Waals surface area contributed by atoms with E-state index in [0.717, 1.165) is 4.90 Å². The fourth-order valence-corrected chi connectivity index (χ4v) is 10.7. The van der Waals surface area contributed by atoms with Gasteiger partial charge in [-0.05, 0) is 109 Å². The first-order valence-corrected chi connectivity index (χ1v) is 26.3. The number of nitrogens with one attached hydrogen (secondary N) is 1. The largest absolute Gasteiger partial charge is 0.460 e. The van der Waals surface area contributed by atoms with Crippen LogP contribution < -0.4 is 4.72 Å². The van der Waals surface area contributed by atoms with Crippen molar-refractivity contribution in [1.82, 2.24) is 9.62 Å². The zero-order valence-electron chi connectivity index (χ0n) is 41.1. The van der Waals surface area contributed by atoms with Crippen molar-refractivity contribution in [2.24, 2.45) is 11.8 Å². The summed E-state index contributed by atoms with van der Waals surface area (Å²) in [5, 5.41) is 42.6. The number of hydrogen-bond donors (Lipinski definition) is 5. The maximum absolute atomic E-state index is 14.3. The number of Topliss-reactive ketones (excluding diaryl/α,β-unsaturated/α-hetero) is 3. The average molecular weight is 995 g/mol. The van der Waals surface area contributed by atoms with Gasteiger partial charge < -0.3 is 49.0 Å². The first-order chi connectivity index (χ1) is 32.8. The maximum atomic E-state index is 14.3. The molecule has 69 heavy (non-hydrogen) atoms. The zero-order chi connectivity index (χ0) is 50.7. The predicted octanol–water partition coefficient (Wildman–Crippen LogP) is 3.48. The van der Waals surface area contributed by atoms with Gasteiger partial charge in [-0.2, -0.15) is 0 Å². The summed E-state index contributed by atoms with van der Waals surface area (Å²) in [5.41, 5.74) is 0.926. The Bertz CT molecular complexity index is 1950. The van der Waals surface area contributed by atoms with Crippen LogP contribution in [0.15, 0.2) is 47.6 Å². The lowest BCUT2D eigenvalue weighted by Gasteiger charge is -2.42. The Balaban J connectivity index is 1.66. The van der Waals surface area contributed by atoms with E-state index in [1.54, 1.807) is 45.1 Å². The molecule has 3 aliphatic heterocycles. The lowest BCUT2D eigenvalue weighted by molar-refractivity contribution is -0.264. The molecule has 3 heterocycles. The van der Waals surface area contributed by atoms with Crippen molar-refractivity contribution in [3.05, 3.63) is 47.6 Å². The number of carbonyl (C=O) groups is 5. The Kier molecular flexibility index (Phi) is 24.0. The number of methoxy groups -OCH3 is 2. The standard InChI is InChI=1S/C50H78N2O16S/c1-33-14-10-8-6-7-9-11-16-43(56)46(65-5)45(57)34(2)17-21-37(54)31-38(23-19-36-20-24-42(55)44(30-36)64-4)67-49(60)41-15-12-13-25-52(41)48(59)47(58)50(61)35(3)18-22-39(68-50)32-40(33)51-69(62,63)29-28-66-27-26-53/h6-8,10,14,17,35-36,38-42,44-46,51,53,55,57,61H,9,11-13,15-16,18-32H2,1-5H3/b7-6+,10-8+,33-14+,34-17+/t35-,36-,38-,39+,40?,41+,42-,44-,45-,46+,50-/m1/s1. The topological polar surface area (TPSA) is 262 Å². The first-order valence-electron chi connectivity index (χ1n) is 24.6. The highest BCUT2D eigenvalue weighted by atomic mass is 32.2. The number of cyclic esters (lactones) is 1. The van der Waals surface area contributed by atoms with Crippen LogP contribution in [0, 0.1) is 11.8 Å². The van der Waals surface area contributed by atoms with Crippen molar-refractivity contribution in [2.45, 2.75) is 178 Å². The first kappa shape index (κ1) is 58.1. The zero-order valence-corrected chi connectivity index (χ0v) is 41.9. The van der Waals surface area contributed by atoms with Crippen LogP contribution >= 0.6 is 0 Å². The molecule has 2 saturated heterocycles. The Morgan fingerprint density at radius 2 is 1.67 bits per heavy atom. The van der Waals surface area contributed by atoms with Gasteiger partial charge in [0.1, 0.15) is 30.1 Å². The van der Waals surface area contributed by atoms with E-state index in [-0.39, 0.29) is 94.9 Å². The highest BCUT2D eigenvalue weighted by Crippen LogP contribution is 2.37. The Morgan fingerprint density at radius 3 is 2.39 bits per heavy atom. The molecule has 1 unspecified atom stereocenters. The van der Waals surface area contributed by atoms with Gasteiger partial charge in [-0.3, -0.25) is 19.2 Å². The Morgan fingerprint density at radius 1 is 0.899 bits per heavy atom. The number of amides is 1. The third-order valence-corrected chi connectivity index (χ3v) is 15.2. The molecule has 4 aliphatic rings. The molecule has 1 aliphatic carbocycles. The smallest absolute Gasteiger partial charge is 0.329 e. The van der Waals surface area contributed by atoms with Crippen LogP contribution in [-0.4, -0.2) is 164 Å². The molecular weight excluding hydrogens is 917 g/mol. The van der Waals surface area contributed by atoms with Crippen LogP contribution in [-0.2, 0) is 57.7 Å². The van der Waals surface area contributed by atoms with Crippen LogP contribution in [0.25, 0.3) is 0 Å². The molecule has 1 saturated carbocycles. The number of sulfonamides is 1.